The first-order valence-electron chi connectivity index (χ1n) is 5.52. The zero-order valence-corrected chi connectivity index (χ0v) is 12.1. The Hall–Kier alpha value is -1.13. The molecule has 0 amide bonds. The minimum absolute atomic E-state index is 0.0243. The Balaban J connectivity index is 2.12. The molecule has 0 radical (unpaired) electrons. The van der Waals surface area contributed by atoms with Crippen molar-refractivity contribution >= 4 is 27.5 Å². The smallest absolute Gasteiger partial charge is 0.165 e. The number of halogens is 4. The van der Waals surface area contributed by atoms with E-state index in [2.05, 4.69) is 15.9 Å². The van der Waals surface area contributed by atoms with Gasteiger partial charge in [-0.15, -0.1) is 0 Å². The third kappa shape index (κ3) is 3.45. The van der Waals surface area contributed by atoms with E-state index in [1.54, 1.807) is 18.2 Å². The van der Waals surface area contributed by atoms with Crippen molar-refractivity contribution in [1.29, 1.82) is 0 Å². The summed E-state index contributed by atoms with van der Waals surface area (Å²) in [6.07, 6.45) is 0. The maximum absolute atomic E-state index is 13.7. The van der Waals surface area contributed by atoms with Crippen LogP contribution in [0.1, 0.15) is 11.1 Å². The first-order chi connectivity index (χ1) is 9.11. The van der Waals surface area contributed by atoms with Gasteiger partial charge >= 0.3 is 0 Å². The van der Waals surface area contributed by atoms with Gasteiger partial charge in [0.15, 0.2) is 11.6 Å². The molecule has 0 aliphatic rings. The second-order valence-electron chi connectivity index (χ2n) is 3.90. The zero-order valence-electron chi connectivity index (χ0n) is 9.80. The van der Waals surface area contributed by atoms with E-state index in [1.165, 1.54) is 18.2 Å². The van der Waals surface area contributed by atoms with Crippen LogP contribution in [0.15, 0.2) is 36.4 Å². The van der Waals surface area contributed by atoms with E-state index in [0.29, 0.717) is 5.33 Å². The van der Waals surface area contributed by atoms with Gasteiger partial charge < -0.3 is 4.74 Å². The van der Waals surface area contributed by atoms with Gasteiger partial charge in [-0.05, 0) is 23.8 Å². The summed E-state index contributed by atoms with van der Waals surface area (Å²) in [5, 5.41) is 0.587. The number of alkyl halides is 1. The molecule has 2 aromatic rings. The first kappa shape index (κ1) is 14.3. The standard InChI is InChI=1S/C14H10BrClF2O/c15-7-9-4-5-13(12(17)6-9)19-8-10-2-1-3-11(16)14(10)18/h1-6H,7-8H2. The van der Waals surface area contributed by atoms with E-state index >= 15 is 0 Å². The summed E-state index contributed by atoms with van der Waals surface area (Å²) in [5.41, 5.74) is 1.09. The molecular formula is C14H10BrClF2O. The van der Waals surface area contributed by atoms with Crippen molar-refractivity contribution < 1.29 is 13.5 Å². The average Bonchev–Trinajstić information content (AvgIpc) is 2.41. The van der Waals surface area contributed by atoms with Crippen LogP contribution in [0.25, 0.3) is 0 Å². The highest BCUT2D eigenvalue weighted by atomic mass is 79.9. The fraction of sp³-hybridized carbons (Fsp3) is 0.143. The molecule has 5 heteroatoms. The Labute approximate surface area is 123 Å². The topological polar surface area (TPSA) is 9.23 Å². The molecule has 1 nitrogen and oxygen atoms in total. The van der Waals surface area contributed by atoms with Crippen molar-refractivity contribution in [2.75, 3.05) is 0 Å². The molecule has 0 N–H and O–H groups in total. The Morgan fingerprint density at radius 1 is 1.16 bits per heavy atom. The molecule has 2 rings (SSSR count). The maximum atomic E-state index is 13.7. The van der Waals surface area contributed by atoms with E-state index in [9.17, 15) is 8.78 Å². The van der Waals surface area contributed by atoms with E-state index in [4.69, 9.17) is 16.3 Å². The molecule has 0 aromatic heterocycles. The first-order valence-corrected chi connectivity index (χ1v) is 7.02. The van der Waals surface area contributed by atoms with Crippen molar-refractivity contribution in [3.8, 4) is 5.75 Å². The lowest BCUT2D eigenvalue weighted by atomic mass is 10.2. The van der Waals surface area contributed by atoms with Crippen molar-refractivity contribution in [3.63, 3.8) is 0 Å². The lowest BCUT2D eigenvalue weighted by Crippen LogP contribution is -2.00. The molecule has 0 bridgehead atoms. The molecule has 0 heterocycles. The van der Waals surface area contributed by atoms with Crippen LogP contribution in [-0.2, 0) is 11.9 Å². The molecule has 100 valence electrons. The Morgan fingerprint density at radius 2 is 1.95 bits per heavy atom. The number of ether oxygens (including phenoxy) is 1. The minimum Gasteiger partial charge on any atom is -0.486 e. The van der Waals surface area contributed by atoms with Crippen LogP contribution in [0, 0.1) is 11.6 Å². The van der Waals surface area contributed by atoms with Gasteiger partial charge in [0.2, 0.25) is 0 Å². The molecule has 0 aliphatic carbocycles. The van der Waals surface area contributed by atoms with Gasteiger partial charge in [0.25, 0.3) is 0 Å². The summed E-state index contributed by atoms with van der Waals surface area (Å²) in [7, 11) is 0. The summed E-state index contributed by atoms with van der Waals surface area (Å²) in [4.78, 5) is 0. The van der Waals surface area contributed by atoms with E-state index < -0.39 is 11.6 Å². The predicted octanol–water partition coefficient (Wildman–Crippen LogP) is 5.09. The molecule has 0 atom stereocenters. The van der Waals surface area contributed by atoms with Crippen molar-refractivity contribution in [2.24, 2.45) is 0 Å². The van der Waals surface area contributed by atoms with Gasteiger partial charge in [0.1, 0.15) is 12.4 Å². The number of hydrogen-bond acceptors (Lipinski definition) is 1. The Kier molecular flexibility index (Phi) is 4.77. The quantitative estimate of drug-likeness (QED) is 0.700. The van der Waals surface area contributed by atoms with Crippen LogP contribution in [0.2, 0.25) is 5.02 Å². The second kappa shape index (κ2) is 6.35. The number of hydrogen-bond donors (Lipinski definition) is 0. The molecule has 0 saturated carbocycles. The van der Waals surface area contributed by atoms with Crippen LogP contribution in [-0.4, -0.2) is 0 Å². The number of rotatable bonds is 4. The van der Waals surface area contributed by atoms with Gasteiger partial charge in [0, 0.05) is 10.9 Å². The molecule has 0 unspecified atom stereocenters. The highest BCUT2D eigenvalue weighted by Gasteiger charge is 2.09. The van der Waals surface area contributed by atoms with Crippen LogP contribution >= 0.6 is 27.5 Å². The van der Waals surface area contributed by atoms with Crippen LogP contribution < -0.4 is 4.74 Å². The molecular weight excluding hydrogens is 338 g/mol. The summed E-state index contributed by atoms with van der Waals surface area (Å²) >= 11 is 8.89. The Bertz CT molecular complexity index is 590. The third-order valence-corrected chi connectivity index (χ3v) is 3.50. The van der Waals surface area contributed by atoms with E-state index in [0.717, 1.165) is 5.56 Å². The highest BCUT2D eigenvalue weighted by molar-refractivity contribution is 9.08. The molecule has 2 aromatic carbocycles. The normalized spacial score (nSPS) is 10.5. The van der Waals surface area contributed by atoms with Gasteiger partial charge in [-0.25, -0.2) is 8.78 Å². The largest absolute Gasteiger partial charge is 0.486 e. The molecule has 19 heavy (non-hydrogen) atoms. The van der Waals surface area contributed by atoms with Crippen LogP contribution in [0.3, 0.4) is 0 Å². The van der Waals surface area contributed by atoms with Crippen LogP contribution in [0.5, 0.6) is 5.75 Å². The van der Waals surface area contributed by atoms with E-state index in [-0.39, 0.29) is 22.9 Å². The highest BCUT2D eigenvalue weighted by Crippen LogP contribution is 2.23. The molecule has 0 spiro atoms. The van der Waals surface area contributed by atoms with Gasteiger partial charge in [-0.2, -0.15) is 0 Å². The summed E-state index contributed by atoms with van der Waals surface area (Å²) in [5.74, 6) is -0.926. The minimum atomic E-state index is -0.540. The van der Waals surface area contributed by atoms with Crippen molar-refractivity contribution in [1.82, 2.24) is 0 Å². The maximum Gasteiger partial charge on any atom is 0.165 e. The number of benzene rings is 2. The lowest BCUT2D eigenvalue weighted by Gasteiger charge is -2.09. The van der Waals surface area contributed by atoms with E-state index in [1.807, 2.05) is 0 Å². The average molecular weight is 348 g/mol. The second-order valence-corrected chi connectivity index (χ2v) is 4.87. The summed E-state index contributed by atoms with van der Waals surface area (Å²) in [6.45, 7) is -0.0724. The predicted molar refractivity (Wildman–Crippen MR) is 74.8 cm³/mol. The fourth-order valence-electron chi connectivity index (χ4n) is 1.56. The van der Waals surface area contributed by atoms with Gasteiger partial charge in [-0.3, -0.25) is 0 Å². The monoisotopic (exact) mass is 346 g/mol. The third-order valence-electron chi connectivity index (χ3n) is 2.57. The van der Waals surface area contributed by atoms with Gasteiger partial charge in [0.05, 0.1) is 5.02 Å². The lowest BCUT2D eigenvalue weighted by molar-refractivity contribution is 0.284. The van der Waals surface area contributed by atoms with Crippen molar-refractivity contribution in [2.45, 2.75) is 11.9 Å². The fourth-order valence-corrected chi connectivity index (χ4v) is 2.10. The van der Waals surface area contributed by atoms with Crippen molar-refractivity contribution in [3.05, 3.63) is 64.2 Å². The zero-order chi connectivity index (χ0) is 13.8. The van der Waals surface area contributed by atoms with Gasteiger partial charge in [-0.1, -0.05) is 45.7 Å². The van der Waals surface area contributed by atoms with Crippen LogP contribution in [0.4, 0.5) is 8.78 Å². The molecule has 0 saturated heterocycles. The summed E-state index contributed by atoms with van der Waals surface area (Å²) in [6, 6.07) is 9.25. The Morgan fingerprint density at radius 3 is 2.63 bits per heavy atom. The summed E-state index contributed by atoms with van der Waals surface area (Å²) < 4.78 is 32.5. The molecule has 0 fully saturated rings. The molecule has 0 aliphatic heterocycles. The SMILES string of the molecule is Fc1cc(CBr)ccc1OCc1cccc(Cl)c1F.